The summed E-state index contributed by atoms with van der Waals surface area (Å²) in [6.07, 6.45) is 6.77. The van der Waals surface area contributed by atoms with Crippen LogP contribution in [0, 0.1) is 5.92 Å². The molecule has 1 aliphatic carbocycles. The van der Waals surface area contributed by atoms with Crippen LogP contribution in [0.15, 0.2) is 24.4 Å². The van der Waals surface area contributed by atoms with E-state index in [1.165, 1.54) is 17.5 Å². The molecule has 0 spiro atoms. The van der Waals surface area contributed by atoms with E-state index in [1.807, 2.05) is 6.92 Å². The second-order valence-electron chi connectivity index (χ2n) is 6.85. The van der Waals surface area contributed by atoms with Crippen LogP contribution in [0.3, 0.4) is 0 Å². The summed E-state index contributed by atoms with van der Waals surface area (Å²) in [5.41, 5.74) is -0.575. The van der Waals surface area contributed by atoms with Crippen molar-refractivity contribution >= 4 is 17.7 Å². The lowest BCUT2D eigenvalue weighted by molar-refractivity contribution is -0.135. The van der Waals surface area contributed by atoms with Crippen molar-refractivity contribution in [2.45, 2.75) is 44.6 Å². The minimum absolute atomic E-state index is 0.155. The summed E-state index contributed by atoms with van der Waals surface area (Å²) >= 11 is 0. The van der Waals surface area contributed by atoms with E-state index in [2.05, 4.69) is 4.98 Å². The summed E-state index contributed by atoms with van der Waals surface area (Å²) in [5.74, 6) is -0.424. The molecule has 2 fully saturated rings. The molecule has 2 aliphatic rings. The first-order valence-corrected chi connectivity index (χ1v) is 8.50. The molecule has 1 unspecified atom stereocenters. The van der Waals surface area contributed by atoms with Gasteiger partial charge in [-0.3, -0.25) is 19.5 Å². The molecule has 3 rings (SSSR count). The number of rotatable bonds is 4. The van der Waals surface area contributed by atoms with Gasteiger partial charge in [0.1, 0.15) is 11.2 Å². The van der Waals surface area contributed by atoms with E-state index in [1.54, 1.807) is 25.2 Å². The highest BCUT2D eigenvalue weighted by Crippen LogP contribution is 2.40. The third kappa shape index (κ3) is 2.60. The second kappa shape index (κ2) is 6.34. The highest BCUT2D eigenvalue weighted by molar-refractivity contribution is 6.10. The topological polar surface area (TPSA) is 70.6 Å². The van der Waals surface area contributed by atoms with Gasteiger partial charge in [0.15, 0.2) is 0 Å². The van der Waals surface area contributed by atoms with Crippen molar-refractivity contribution in [2.75, 3.05) is 13.6 Å². The van der Waals surface area contributed by atoms with E-state index < -0.39 is 11.6 Å². The quantitative estimate of drug-likeness (QED) is 0.628. The van der Waals surface area contributed by atoms with Gasteiger partial charge in [0, 0.05) is 13.2 Å². The monoisotopic (exact) mass is 329 g/mol. The molecule has 1 saturated carbocycles. The minimum Gasteiger partial charge on any atom is -0.313 e. The van der Waals surface area contributed by atoms with E-state index in [9.17, 15) is 14.4 Å². The third-order valence-corrected chi connectivity index (χ3v) is 5.55. The number of hydrogen-bond donors (Lipinski definition) is 0. The molecule has 6 heteroatoms. The number of aromatic nitrogens is 1. The van der Waals surface area contributed by atoms with E-state index >= 15 is 0 Å². The lowest BCUT2D eigenvalue weighted by Crippen LogP contribution is -2.52. The van der Waals surface area contributed by atoms with E-state index in [0.717, 1.165) is 30.6 Å². The van der Waals surface area contributed by atoms with Crippen LogP contribution in [0.25, 0.3) is 0 Å². The molecule has 6 nitrogen and oxygen atoms in total. The second-order valence-corrected chi connectivity index (χ2v) is 6.85. The number of urea groups is 1. The maximum absolute atomic E-state index is 13.0. The van der Waals surface area contributed by atoms with Gasteiger partial charge in [-0.05, 0) is 37.8 Å². The maximum atomic E-state index is 13.0. The number of hydrogen-bond acceptors (Lipinski definition) is 4. The molecule has 0 aromatic carbocycles. The van der Waals surface area contributed by atoms with Crippen LogP contribution in [0.4, 0.5) is 4.79 Å². The SMILES string of the molecule is CN1C(=O)N(CC(=O)c2ccccn2)C(=O)C1(C)C1CCCCC1. The van der Waals surface area contributed by atoms with Crippen LogP contribution >= 0.6 is 0 Å². The average molecular weight is 329 g/mol. The van der Waals surface area contributed by atoms with Crippen LogP contribution in [-0.2, 0) is 4.79 Å². The average Bonchev–Trinajstić information content (AvgIpc) is 2.79. The Kier molecular flexibility index (Phi) is 4.39. The molecule has 1 saturated heterocycles. The summed E-state index contributed by atoms with van der Waals surface area (Å²) in [6, 6.07) is 4.64. The standard InChI is InChI=1S/C18H23N3O3/c1-18(13-8-4-3-5-9-13)16(23)21(17(24)20(18)2)12-15(22)14-10-6-7-11-19-14/h6-7,10-11,13H,3-5,8-9,12H2,1-2H3. The predicted molar refractivity (Wildman–Crippen MR) is 88.4 cm³/mol. The van der Waals surface area contributed by atoms with Gasteiger partial charge in [-0.25, -0.2) is 4.79 Å². The van der Waals surface area contributed by atoms with E-state index in [4.69, 9.17) is 0 Å². The first-order chi connectivity index (χ1) is 11.5. The van der Waals surface area contributed by atoms with Crippen LogP contribution in [-0.4, -0.2) is 51.6 Å². The number of pyridine rings is 1. The Balaban J connectivity index is 1.81. The number of ketones is 1. The Bertz CT molecular complexity index is 655. The summed E-state index contributed by atoms with van der Waals surface area (Å²) in [4.78, 5) is 44.6. The zero-order valence-corrected chi connectivity index (χ0v) is 14.2. The van der Waals surface area contributed by atoms with E-state index in [0.29, 0.717) is 0 Å². The predicted octanol–water partition coefficient (Wildman–Crippen LogP) is 2.50. The molecular formula is C18H23N3O3. The third-order valence-electron chi connectivity index (χ3n) is 5.55. The molecule has 0 radical (unpaired) electrons. The molecule has 1 atom stereocenters. The largest absolute Gasteiger partial charge is 0.327 e. The van der Waals surface area contributed by atoms with Gasteiger partial charge in [0.25, 0.3) is 5.91 Å². The number of likely N-dealkylation sites (N-methyl/N-ethyl adjacent to an activating group) is 1. The molecular weight excluding hydrogens is 306 g/mol. The van der Waals surface area contributed by atoms with Crippen molar-refractivity contribution in [1.82, 2.24) is 14.8 Å². The van der Waals surface area contributed by atoms with Crippen molar-refractivity contribution in [3.63, 3.8) is 0 Å². The maximum Gasteiger partial charge on any atom is 0.327 e. The Hall–Kier alpha value is -2.24. The highest BCUT2D eigenvalue weighted by Gasteiger charge is 2.56. The normalized spacial score (nSPS) is 25.4. The number of imide groups is 1. The Labute approximate surface area is 141 Å². The van der Waals surface area contributed by atoms with Gasteiger partial charge in [-0.15, -0.1) is 0 Å². The lowest BCUT2D eigenvalue weighted by atomic mass is 9.75. The zero-order valence-electron chi connectivity index (χ0n) is 14.2. The fraction of sp³-hybridized carbons (Fsp3) is 0.556. The van der Waals surface area contributed by atoms with Gasteiger partial charge in [0.2, 0.25) is 5.78 Å². The number of amides is 3. The number of carbonyl (C=O) groups is 3. The first-order valence-electron chi connectivity index (χ1n) is 8.50. The van der Waals surface area contributed by atoms with Gasteiger partial charge >= 0.3 is 6.03 Å². The van der Waals surface area contributed by atoms with Gasteiger partial charge < -0.3 is 4.90 Å². The summed E-state index contributed by atoms with van der Waals surface area (Å²) in [5, 5.41) is 0. The van der Waals surface area contributed by atoms with Crippen molar-refractivity contribution in [3.8, 4) is 0 Å². The fourth-order valence-corrected chi connectivity index (χ4v) is 3.89. The molecule has 24 heavy (non-hydrogen) atoms. The lowest BCUT2D eigenvalue weighted by Gasteiger charge is -2.38. The highest BCUT2D eigenvalue weighted by atomic mass is 16.2. The summed E-state index contributed by atoms with van der Waals surface area (Å²) in [7, 11) is 1.67. The Morgan fingerprint density at radius 2 is 1.96 bits per heavy atom. The molecule has 1 aliphatic heterocycles. The zero-order chi connectivity index (χ0) is 17.3. The van der Waals surface area contributed by atoms with Crippen molar-refractivity contribution in [1.29, 1.82) is 0 Å². The molecule has 0 bridgehead atoms. The molecule has 1 aromatic heterocycles. The first kappa shape index (κ1) is 16.6. The number of nitrogens with zero attached hydrogens (tertiary/aromatic N) is 3. The molecule has 128 valence electrons. The van der Waals surface area contributed by atoms with Crippen molar-refractivity contribution < 1.29 is 14.4 Å². The van der Waals surface area contributed by atoms with Gasteiger partial charge in [-0.2, -0.15) is 0 Å². The van der Waals surface area contributed by atoms with E-state index in [-0.39, 0.29) is 29.8 Å². The number of carbonyl (C=O) groups excluding carboxylic acids is 3. The van der Waals surface area contributed by atoms with Crippen LogP contribution in [0.5, 0.6) is 0 Å². The van der Waals surface area contributed by atoms with Crippen molar-refractivity contribution in [3.05, 3.63) is 30.1 Å². The molecule has 2 heterocycles. The smallest absolute Gasteiger partial charge is 0.313 e. The Morgan fingerprint density at radius 3 is 2.58 bits per heavy atom. The van der Waals surface area contributed by atoms with Crippen molar-refractivity contribution in [2.24, 2.45) is 5.92 Å². The summed E-state index contributed by atoms with van der Waals surface area (Å²) in [6.45, 7) is 1.59. The minimum atomic E-state index is -0.845. The molecule has 3 amide bonds. The Morgan fingerprint density at radius 1 is 1.25 bits per heavy atom. The van der Waals surface area contributed by atoms with Crippen LogP contribution < -0.4 is 0 Å². The number of Topliss-reactive ketones (excluding diaryl/α,β-unsaturated/α-hetero) is 1. The summed E-state index contributed by atoms with van der Waals surface area (Å²) < 4.78 is 0. The molecule has 1 aromatic rings. The fourth-order valence-electron chi connectivity index (χ4n) is 3.89. The molecule has 0 N–H and O–H groups in total. The van der Waals surface area contributed by atoms with Gasteiger partial charge in [-0.1, -0.05) is 25.3 Å². The van der Waals surface area contributed by atoms with Gasteiger partial charge in [0.05, 0.1) is 6.54 Å². The van der Waals surface area contributed by atoms with Crippen LogP contribution in [0.2, 0.25) is 0 Å². The van der Waals surface area contributed by atoms with Crippen LogP contribution in [0.1, 0.15) is 49.5 Å².